The van der Waals surface area contributed by atoms with Crippen LogP contribution in [-0.4, -0.2) is 9.13 Å². The van der Waals surface area contributed by atoms with E-state index in [1.54, 1.807) is 0 Å². The highest BCUT2D eigenvalue weighted by Gasteiger charge is 2.28. The van der Waals surface area contributed by atoms with E-state index in [1.165, 1.54) is 54.5 Å². The van der Waals surface area contributed by atoms with Gasteiger partial charge in [-0.25, -0.2) is 0 Å². The van der Waals surface area contributed by atoms with Gasteiger partial charge >= 0.3 is 0 Å². The lowest BCUT2D eigenvalue weighted by molar-refractivity contribution is 0.669. The van der Waals surface area contributed by atoms with Crippen molar-refractivity contribution in [1.29, 1.82) is 0 Å². The zero-order valence-corrected chi connectivity index (χ0v) is 69.6. The molecule has 0 radical (unpaired) electrons. The molecule has 0 aliphatic carbocycles. The maximum Gasteiger partial charge on any atom is 0.143 e. The molecule has 0 saturated heterocycles. The highest BCUT2D eigenvalue weighted by atomic mass is 16.3. The van der Waals surface area contributed by atoms with E-state index >= 15 is 0 Å². The van der Waals surface area contributed by atoms with Crippen molar-refractivity contribution in [2.75, 3.05) is 9.80 Å². The highest BCUT2D eigenvalue weighted by Crippen LogP contribution is 2.52. The average Bonchev–Trinajstić information content (AvgIpc) is 1.56. The van der Waals surface area contributed by atoms with Crippen LogP contribution in [0.5, 0.6) is 0 Å². The van der Waals surface area contributed by atoms with Crippen molar-refractivity contribution in [2.45, 2.75) is 0 Å². The summed E-state index contributed by atoms with van der Waals surface area (Å²) in [4.78, 5) is 4.92. The van der Waals surface area contributed by atoms with Gasteiger partial charge in [0.1, 0.15) is 22.3 Å². The lowest BCUT2D eigenvalue weighted by atomic mass is 9.94. The summed E-state index contributed by atoms with van der Waals surface area (Å²) in [6.07, 6.45) is 0. The van der Waals surface area contributed by atoms with Crippen molar-refractivity contribution in [3.05, 3.63) is 473 Å². The number of furan rings is 2. The van der Waals surface area contributed by atoms with Crippen molar-refractivity contribution < 1.29 is 8.83 Å². The first-order chi connectivity index (χ1) is 63.5. The van der Waals surface area contributed by atoms with Crippen molar-refractivity contribution in [3.63, 3.8) is 0 Å². The quantitative estimate of drug-likeness (QED) is 0.0967. The second kappa shape index (κ2) is 30.5. The molecule has 0 saturated carbocycles. The van der Waals surface area contributed by atoms with Crippen LogP contribution in [0.15, 0.2) is 482 Å². The molecule has 0 aliphatic rings. The van der Waals surface area contributed by atoms with Gasteiger partial charge in [0, 0.05) is 88.0 Å². The molecule has 0 spiro atoms. The molecule has 128 heavy (non-hydrogen) atoms. The Labute approximate surface area is 739 Å². The second-order valence-corrected chi connectivity index (χ2v) is 33.3. The predicted octanol–water partition coefficient (Wildman–Crippen LogP) is 34.3. The maximum atomic E-state index is 7.10. The van der Waals surface area contributed by atoms with E-state index in [0.717, 1.165) is 189 Å². The highest BCUT2D eigenvalue weighted by molar-refractivity contribution is 6.16. The van der Waals surface area contributed by atoms with E-state index < -0.39 is 0 Å². The van der Waals surface area contributed by atoms with Gasteiger partial charge in [-0.15, -0.1) is 0 Å². The van der Waals surface area contributed by atoms with E-state index in [0.29, 0.717) is 0 Å². The minimum Gasteiger partial charge on any atom is -0.455 e. The predicted molar refractivity (Wildman–Crippen MR) is 538 cm³/mol. The van der Waals surface area contributed by atoms with Crippen LogP contribution in [0.25, 0.3) is 209 Å². The molecule has 6 nitrogen and oxygen atoms in total. The molecule has 0 bridgehead atoms. The summed E-state index contributed by atoms with van der Waals surface area (Å²) < 4.78 is 18.7. The van der Waals surface area contributed by atoms with Crippen LogP contribution in [0, 0.1) is 0 Å². The standard InChI is InChI=1S/C122H78N4O2/c1-3-27-81(28-4-1)98-71-61-88(95-42-23-33-79-31-7-9-35-93(79)95)77-117(98)123(90-65-55-83(56-66-90)97-37-11-16-48-110(97)125-111-49-17-12-38-102(111)103-39-13-18-50-112(103)125)91-67-57-84(58-68-91)101-45-26-47-107-109-76-87(64-74-120(109)128-122(101)107)86-63-73-114-108(75-86)104-40-14-19-51-113(104)126(114)116-53-21-20-52-115(116)124(92-69-59-85(60-70-92)100-44-25-46-106-105-41-15-22-54-119(105)127-121(100)106)118-78-89(62-72-99(118)82-29-5-2-6-30-82)96-43-24-34-80-32-8-10-36-94(80)96/h1-78H. The largest absolute Gasteiger partial charge is 0.455 e. The molecular weight excluding hydrogens is 1550 g/mol. The Morgan fingerprint density at radius 2 is 0.508 bits per heavy atom. The number of aromatic nitrogens is 2. The SMILES string of the molecule is c1ccc(-c2ccc(-c3cccc4ccccc34)cc2N(c2ccc(-c3ccccc3-n3c4ccccc4c4ccccc43)cc2)c2ccc(-c3cccc4c3oc3ccc(-c5ccc6c(c5)c5ccccc5n6-c5ccccc5N(c5ccc(-c6cccc7c6oc6ccccc67)cc5)c5cc(-c6cccc7ccccc67)ccc5-c5ccccc5)cc34)cc2)cc1. The van der Waals surface area contributed by atoms with Gasteiger partial charge in [-0.05, 0) is 198 Å². The van der Waals surface area contributed by atoms with E-state index in [1.807, 2.05) is 6.07 Å². The van der Waals surface area contributed by atoms with Gasteiger partial charge in [0.2, 0.25) is 0 Å². The minimum atomic E-state index is 0.828. The number of anilines is 6. The van der Waals surface area contributed by atoms with Crippen molar-refractivity contribution in [3.8, 4) is 100 Å². The van der Waals surface area contributed by atoms with Gasteiger partial charge in [0.15, 0.2) is 0 Å². The third-order valence-corrected chi connectivity index (χ3v) is 26.2. The van der Waals surface area contributed by atoms with E-state index in [-0.39, 0.29) is 0 Å². The summed E-state index contributed by atoms with van der Waals surface area (Å²) in [5, 5.41) is 13.9. The topological polar surface area (TPSA) is 42.6 Å². The summed E-state index contributed by atoms with van der Waals surface area (Å²) in [7, 11) is 0. The van der Waals surface area contributed by atoms with Gasteiger partial charge in [-0.1, -0.05) is 358 Å². The van der Waals surface area contributed by atoms with Crippen molar-refractivity contribution in [2.24, 2.45) is 0 Å². The van der Waals surface area contributed by atoms with Gasteiger partial charge in [0.05, 0.1) is 50.5 Å². The molecule has 6 heteroatoms. The Bertz CT molecular complexity index is 8630. The van der Waals surface area contributed by atoms with Crippen LogP contribution in [0.3, 0.4) is 0 Å². The molecule has 0 atom stereocenters. The Hall–Kier alpha value is -17.1. The third kappa shape index (κ3) is 12.3. The van der Waals surface area contributed by atoms with Crippen LogP contribution < -0.4 is 9.80 Å². The molecule has 4 heterocycles. The van der Waals surface area contributed by atoms with Crippen LogP contribution in [0.1, 0.15) is 0 Å². The number of para-hydroxylation sites is 9. The lowest BCUT2D eigenvalue weighted by Crippen LogP contribution is -2.14. The minimum absolute atomic E-state index is 0.828. The number of hydrogen-bond acceptors (Lipinski definition) is 4. The fourth-order valence-electron chi connectivity index (χ4n) is 20.2. The number of hydrogen-bond donors (Lipinski definition) is 0. The molecule has 0 unspecified atom stereocenters. The zero-order valence-electron chi connectivity index (χ0n) is 69.6. The summed E-state index contributed by atoms with van der Waals surface area (Å²) >= 11 is 0. The van der Waals surface area contributed by atoms with Crippen LogP contribution in [0.4, 0.5) is 34.1 Å². The van der Waals surface area contributed by atoms with Crippen LogP contribution in [0.2, 0.25) is 0 Å². The molecule has 25 aromatic rings. The van der Waals surface area contributed by atoms with Crippen molar-refractivity contribution >= 4 is 143 Å². The molecule has 25 rings (SSSR count). The fraction of sp³-hybridized carbons (Fsp3) is 0. The summed E-state index contributed by atoms with van der Waals surface area (Å²) in [5.41, 5.74) is 34.0. The van der Waals surface area contributed by atoms with Crippen molar-refractivity contribution in [1.82, 2.24) is 9.13 Å². The number of rotatable bonds is 16. The molecule has 4 aromatic heterocycles. The Morgan fingerprint density at radius 1 is 0.164 bits per heavy atom. The second-order valence-electron chi connectivity index (χ2n) is 33.3. The van der Waals surface area contributed by atoms with Gasteiger partial charge in [-0.3, -0.25) is 0 Å². The Kier molecular flexibility index (Phi) is 17.5. The summed E-state index contributed by atoms with van der Waals surface area (Å²) in [6, 6.07) is 173. The maximum absolute atomic E-state index is 7.10. The Balaban J connectivity index is 0.596. The number of nitrogens with zero attached hydrogens (tertiary/aromatic N) is 4. The molecular formula is C122H78N4O2. The molecule has 0 amide bonds. The van der Waals surface area contributed by atoms with Gasteiger partial charge in [0.25, 0.3) is 0 Å². The monoisotopic (exact) mass is 1630 g/mol. The lowest BCUT2D eigenvalue weighted by Gasteiger charge is -2.31. The first kappa shape index (κ1) is 73.6. The van der Waals surface area contributed by atoms with Gasteiger partial charge in [-0.2, -0.15) is 0 Å². The number of benzene rings is 21. The molecule has 0 fully saturated rings. The van der Waals surface area contributed by atoms with Crippen LogP contribution in [-0.2, 0) is 0 Å². The third-order valence-electron chi connectivity index (χ3n) is 26.2. The molecule has 0 aliphatic heterocycles. The van der Waals surface area contributed by atoms with E-state index in [4.69, 9.17) is 8.83 Å². The molecule has 0 N–H and O–H groups in total. The average molecular weight is 1630 g/mol. The number of fused-ring (bicyclic) bond motifs is 14. The Morgan fingerprint density at radius 3 is 1.07 bits per heavy atom. The van der Waals surface area contributed by atoms with E-state index in [2.05, 4.69) is 486 Å². The smallest absolute Gasteiger partial charge is 0.143 e. The zero-order chi connectivity index (χ0) is 84.3. The molecule has 21 aromatic carbocycles. The normalized spacial score (nSPS) is 11.8. The van der Waals surface area contributed by atoms with E-state index in [9.17, 15) is 0 Å². The summed E-state index contributed by atoms with van der Waals surface area (Å²) in [6.45, 7) is 0. The summed E-state index contributed by atoms with van der Waals surface area (Å²) in [5.74, 6) is 0. The first-order valence-electron chi connectivity index (χ1n) is 43.8. The first-order valence-corrected chi connectivity index (χ1v) is 43.8. The van der Waals surface area contributed by atoms with Gasteiger partial charge < -0.3 is 27.8 Å². The van der Waals surface area contributed by atoms with Crippen LogP contribution >= 0.6 is 0 Å². The molecule has 598 valence electrons. The fourth-order valence-corrected chi connectivity index (χ4v) is 20.2.